The van der Waals surface area contributed by atoms with E-state index in [0.29, 0.717) is 52.0 Å². The summed E-state index contributed by atoms with van der Waals surface area (Å²) in [6.45, 7) is 14.0. The zero-order valence-electron chi connectivity index (χ0n) is 22.5. The van der Waals surface area contributed by atoms with Crippen LogP contribution in [0.5, 0.6) is 5.75 Å². The number of likely N-dealkylation sites (N-methyl/N-ethyl adjacent to an activating group) is 1. The summed E-state index contributed by atoms with van der Waals surface area (Å²) in [4.78, 5) is 24.1. The van der Waals surface area contributed by atoms with E-state index in [4.69, 9.17) is 32.7 Å². The Morgan fingerprint density at radius 1 is 1.05 bits per heavy atom. The van der Waals surface area contributed by atoms with Gasteiger partial charge in [-0.3, -0.25) is 9.59 Å². The molecule has 0 aromatic heterocycles. The van der Waals surface area contributed by atoms with Gasteiger partial charge in [-0.15, -0.1) is 0 Å². The fraction of sp³-hybridized carbons (Fsp3) is 0.379. The van der Waals surface area contributed by atoms with E-state index in [9.17, 15) is 9.59 Å². The fourth-order valence-electron chi connectivity index (χ4n) is 3.82. The van der Waals surface area contributed by atoms with Crippen LogP contribution in [-0.2, 0) is 19.1 Å². The van der Waals surface area contributed by atoms with Gasteiger partial charge >= 0.3 is 0 Å². The first kappa shape index (κ1) is 30.3. The van der Waals surface area contributed by atoms with Gasteiger partial charge in [0.2, 0.25) is 0 Å². The van der Waals surface area contributed by atoms with Crippen molar-refractivity contribution < 1.29 is 23.8 Å². The molecule has 0 bridgehead atoms. The largest absolute Gasteiger partial charge is 0.497 e. The maximum absolute atomic E-state index is 12.9. The Bertz CT molecular complexity index is 1180. The molecular formula is C29H35Cl2NO5. The van der Waals surface area contributed by atoms with Crippen LogP contribution < -0.4 is 9.64 Å². The molecule has 2 aromatic rings. The van der Waals surface area contributed by atoms with Gasteiger partial charge in [0.1, 0.15) is 17.1 Å². The van der Waals surface area contributed by atoms with Gasteiger partial charge < -0.3 is 19.1 Å². The number of rotatable bonds is 8. The molecule has 0 radical (unpaired) electrons. The average Bonchev–Trinajstić information content (AvgIpc) is 3.07. The third-order valence-electron chi connectivity index (χ3n) is 6.02. The number of amides is 1. The number of hydrogen-bond donors (Lipinski definition) is 0. The number of anilines is 1. The Labute approximate surface area is 229 Å². The minimum absolute atomic E-state index is 0.114. The van der Waals surface area contributed by atoms with Crippen molar-refractivity contribution in [3.05, 3.63) is 69.9 Å². The highest BCUT2D eigenvalue weighted by molar-refractivity contribution is 6.37. The van der Waals surface area contributed by atoms with Crippen LogP contribution in [0.1, 0.15) is 58.6 Å². The first-order valence-electron chi connectivity index (χ1n) is 12.0. The number of ether oxygens (including phenoxy) is 3. The summed E-state index contributed by atoms with van der Waals surface area (Å²) in [5, 5.41) is 1.13. The van der Waals surface area contributed by atoms with E-state index < -0.39 is 5.60 Å². The third-order valence-corrected chi connectivity index (χ3v) is 6.49. The first-order chi connectivity index (χ1) is 17.3. The maximum Gasteiger partial charge on any atom is 0.293 e. The number of nitrogens with zero attached hydrogens (tertiary/aromatic N) is 1. The lowest BCUT2D eigenvalue weighted by molar-refractivity contribution is -0.138. The summed E-state index contributed by atoms with van der Waals surface area (Å²) in [6, 6.07) is 10.8. The van der Waals surface area contributed by atoms with Crippen molar-refractivity contribution in [2.75, 3.05) is 19.1 Å². The fourth-order valence-corrected chi connectivity index (χ4v) is 4.17. The van der Waals surface area contributed by atoms with Gasteiger partial charge in [-0.05, 0) is 70.0 Å². The van der Waals surface area contributed by atoms with Crippen molar-refractivity contribution in [2.24, 2.45) is 0 Å². The Balaban J connectivity index is 0.000000604. The topological polar surface area (TPSA) is 65.1 Å². The van der Waals surface area contributed by atoms with Crippen LogP contribution in [0.2, 0.25) is 10.0 Å². The van der Waals surface area contributed by atoms with Crippen LogP contribution in [-0.4, -0.2) is 37.7 Å². The van der Waals surface area contributed by atoms with E-state index in [1.54, 1.807) is 43.3 Å². The zero-order valence-corrected chi connectivity index (χ0v) is 24.0. The number of benzene rings is 2. The molecule has 6 nitrogen and oxygen atoms in total. The number of carbonyl (C=O) groups is 2. The van der Waals surface area contributed by atoms with Crippen molar-refractivity contribution in [2.45, 2.75) is 58.7 Å². The minimum atomic E-state index is -0.683. The summed E-state index contributed by atoms with van der Waals surface area (Å²) in [5.74, 6) is 1.04. The van der Waals surface area contributed by atoms with E-state index in [2.05, 4.69) is 11.3 Å². The molecule has 1 heterocycles. The van der Waals surface area contributed by atoms with Gasteiger partial charge in [0.25, 0.3) is 12.4 Å². The van der Waals surface area contributed by atoms with E-state index in [1.807, 2.05) is 52.8 Å². The number of fused-ring (bicyclic) bond motifs is 1. The predicted octanol–water partition coefficient (Wildman–Crippen LogP) is 7.57. The van der Waals surface area contributed by atoms with Gasteiger partial charge in [0.15, 0.2) is 5.60 Å². The van der Waals surface area contributed by atoms with Crippen molar-refractivity contribution in [1.82, 2.24) is 0 Å². The SMILES string of the molecule is C=C(OC)C(CC)(CC)Oc1ccc(Cl)cc1/C=C1/C(=O)N(C)c2cc(Cl)ccc21.CC(C)(C)OC=O. The molecule has 0 spiro atoms. The quantitative estimate of drug-likeness (QED) is 0.193. The lowest BCUT2D eigenvalue weighted by Gasteiger charge is -2.34. The van der Waals surface area contributed by atoms with Gasteiger partial charge in [-0.25, -0.2) is 0 Å². The summed E-state index contributed by atoms with van der Waals surface area (Å²) in [5.41, 5.74) is 1.85. The molecule has 2 aromatic carbocycles. The number of methoxy groups -OCH3 is 1. The Morgan fingerprint density at radius 2 is 1.65 bits per heavy atom. The average molecular weight is 549 g/mol. The van der Waals surface area contributed by atoms with Gasteiger partial charge in [-0.2, -0.15) is 0 Å². The van der Waals surface area contributed by atoms with E-state index in [-0.39, 0.29) is 11.5 Å². The molecule has 0 aliphatic carbocycles. The zero-order chi connectivity index (χ0) is 28.0. The molecule has 0 unspecified atom stereocenters. The normalized spacial score (nSPS) is 14.0. The van der Waals surface area contributed by atoms with Gasteiger partial charge in [0, 0.05) is 33.8 Å². The van der Waals surface area contributed by atoms with Crippen LogP contribution in [0, 0.1) is 0 Å². The number of halogens is 2. The molecule has 0 N–H and O–H groups in total. The maximum atomic E-state index is 12.9. The minimum Gasteiger partial charge on any atom is -0.497 e. The van der Waals surface area contributed by atoms with E-state index >= 15 is 0 Å². The molecule has 37 heavy (non-hydrogen) atoms. The molecule has 0 atom stereocenters. The van der Waals surface area contributed by atoms with E-state index in [1.165, 1.54) is 0 Å². The summed E-state index contributed by atoms with van der Waals surface area (Å²) in [6.07, 6.45) is 3.17. The van der Waals surface area contributed by atoms with Crippen LogP contribution in [0.3, 0.4) is 0 Å². The standard InChI is InChI=1S/C24H25Cl2NO3.C5H10O2/c1-6-24(7-2,15(3)29-5)30-22-11-9-17(25)12-16(22)13-20-19-10-8-18(26)14-21(19)27(4)23(20)28;1-5(2,3)7-4-6/h8-14H,3,6-7H2,1-2,4-5H3;4H,1-3H3/b20-13+;. The lowest BCUT2D eigenvalue weighted by Crippen LogP contribution is -2.37. The van der Waals surface area contributed by atoms with Crippen LogP contribution in [0.15, 0.2) is 48.7 Å². The summed E-state index contributed by atoms with van der Waals surface area (Å²) in [7, 11) is 3.32. The highest BCUT2D eigenvalue weighted by atomic mass is 35.5. The van der Waals surface area contributed by atoms with Crippen LogP contribution in [0.4, 0.5) is 5.69 Å². The van der Waals surface area contributed by atoms with Crippen molar-refractivity contribution in [3.63, 3.8) is 0 Å². The second-order valence-corrected chi connectivity index (χ2v) is 10.4. The van der Waals surface area contributed by atoms with Crippen LogP contribution >= 0.6 is 23.2 Å². The number of carbonyl (C=O) groups excluding carboxylic acids is 2. The Kier molecular flexibility index (Phi) is 10.2. The highest BCUT2D eigenvalue weighted by Gasteiger charge is 2.35. The lowest BCUT2D eigenvalue weighted by atomic mass is 9.94. The van der Waals surface area contributed by atoms with Gasteiger partial charge in [0.05, 0.1) is 12.8 Å². The summed E-state index contributed by atoms with van der Waals surface area (Å²) < 4.78 is 16.4. The van der Waals surface area contributed by atoms with Crippen molar-refractivity contribution in [3.8, 4) is 5.75 Å². The van der Waals surface area contributed by atoms with Crippen molar-refractivity contribution in [1.29, 1.82) is 0 Å². The smallest absolute Gasteiger partial charge is 0.293 e. The Morgan fingerprint density at radius 3 is 2.16 bits per heavy atom. The van der Waals surface area contributed by atoms with Crippen LogP contribution in [0.25, 0.3) is 11.6 Å². The molecule has 0 saturated carbocycles. The predicted molar refractivity (Wildman–Crippen MR) is 151 cm³/mol. The molecule has 200 valence electrons. The molecule has 1 amide bonds. The molecule has 0 fully saturated rings. The second-order valence-electron chi connectivity index (χ2n) is 9.52. The number of hydrogen-bond acceptors (Lipinski definition) is 5. The molecule has 1 aliphatic heterocycles. The highest BCUT2D eigenvalue weighted by Crippen LogP contribution is 2.41. The first-order valence-corrected chi connectivity index (χ1v) is 12.7. The second kappa shape index (κ2) is 12.5. The third kappa shape index (κ3) is 7.30. The molecule has 8 heteroatoms. The molecular weight excluding hydrogens is 513 g/mol. The van der Waals surface area contributed by atoms with E-state index in [0.717, 1.165) is 11.3 Å². The summed E-state index contributed by atoms with van der Waals surface area (Å²) >= 11 is 12.4. The molecule has 3 rings (SSSR count). The molecule has 0 saturated heterocycles. The van der Waals surface area contributed by atoms with Gasteiger partial charge in [-0.1, -0.05) is 49.7 Å². The van der Waals surface area contributed by atoms with Crippen molar-refractivity contribution >= 4 is 52.9 Å². The molecule has 1 aliphatic rings. The monoisotopic (exact) mass is 547 g/mol. The Hall–Kier alpha value is -2.96.